The highest BCUT2D eigenvalue weighted by Gasteiger charge is 2.50. The molecule has 0 spiro atoms. The van der Waals surface area contributed by atoms with E-state index in [1.54, 1.807) is 33.1 Å². The summed E-state index contributed by atoms with van der Waals surface area (Å²) in [5.41, 5.74) is 0.823. The number of benzene rings is 2. The van der Waals surface area contributed by atoms with Gasteiger partial charge < -0.3 is 24.8 Å². The Morgan fingerprint density at radius 3 is 2.21 bits per heavy atom. The van der Waals surface area contributed by atoms with Crippen molar-refractivity contribution in [3.05, 3.63) is 65.7 Å². The van der Waals surface area contributed by atoms with Crippen LogP contribution in [0.15, 0.2) is 54.6 Å². The summed E-state index contributed by atoms with van der Waals surface area (Å²) in [4.78, 5) is 55.0. The molecule has 0 aliphatic carbocycles. The standard InChI is InChI=1S/C32H41N3O7/c1-22(33-29(37)20-35-13-15-41-16-14-35)28(36)19-25(17-24-9-11-26(40-3)12-10-24)31(39)34-27(30(38)32(2)21-42-32)18-23-7-5-4-6-8-23/h4-12,22,25,27H,13-21H2,1-3H3,(H,33,37)(H,34,39)/t22-,25+,27-,32-/m0/s1. The number of morpholine rings is 1. The molecule has 42 heavy (non-hydrogen) atoms. The number of nitrogens with zero attached hydrogens (tertiary/aromatic N) is 1. The summed E-state index contributed by atoms with van der Waals surface area (Å²) < 4.78 is 16.0. The molecule has 2 N–H and O–H groups in total. The molecular weight excluding hydrogens is 538 g/mol. The van der Waals surface area contributed by atoms with E-state index in [1.807, 2.05) is 47.4 Å². The van der Waals surface area contributed by atoms with Crippen LogP contribution in [0.5, 0.6) is 5.75 Å². The lowest BCUT2D eigenvalue weighted by molar-refractivity contribution is -0.134. The Bertz CT molecular complexity index is 1220. The maximum absolute atomic E-state index is 13.8. The molecule has 0 unspecified atom stereocenters. The molecule has 4 atom stereocenters. The quantitative estimate of drug-likeness (QED) is 0.306. The van der Waals surface area contributed by atoms with E-state index in [1.165, 1.54) is 0 Å². The molecule has 0 radical (unpaired) electrons. The molecule has 0 aromatic heterocycles. The second kappa shape index (κ2) is 14.5. The summed E-state index contributed by atoms with van der Waals surface area (Å²) >= 11 is 0. The van der Waals surface area contributed by atoms with Crippen LogP contribution in [0.1, 0.15) is 31.4 Å². The number of Topliss-reactive ketones (excluding diaryl/α,β-unsaturated/α-hetero) is 2. The van der Waals surface area contributed by atoms with E-state index >= 15 is 0 Å². The fraction of sp³-hybridized carbons (Fsp3) is 0.500. The number of ketones is 2. The van der Waals surface area contributed by atoms with Crippen molar-refractivity contribution in [1.29, 1.82) is 0 Å². The number of ether oxygens (including phenoxy) is 3. The van der Waals surface area contributed by atoms with E-state index in [0.717, 1.165) is 11.1 Å². The van der Waals surface area contributed by atoms with E-state index < -0.39 is 29.5 Å². The third-order valence-electron chi connectivity index (χ3n) is 7.81. The summed E-state index contributed by atoms with van der Waals surface area (Å²) in [6, 6.07) is 15.2. The lowest BCUT2D eigenvalue weighted by Crippen LogP contribution is -2.50. The van der Waals surface area contributed by atoms with E-state index in [0.29, 0.717) is 45.1 Å². The maximum Gasteiger partial charge on any atom is 0.234 e. The molecule has 2 aliphatic heterocycles. The maximum atomic E-state index is 13.8. The van der Waals surface area contributed by atoms with Crippen molar-refractivity contribution < 1.29 is 33.4 Å². The van der Waals surface area contributed by atoms with Gasteiger partial charge in [0, 0.05) is 25.4 Å². The Kier molecular flexibility index (Phi) is 10.8. The van der Waals surface area contributed by atoms with E-state index in [-0.39, 0.29) is 36.9 Å². The molecule has 2 fully saturated rings. The first kappa shape index (κ1) is 31.3. The lowest BCUT2D eigenvalue weighted by Gasteiger charge is -2.27. The zero-order valence-corrected chi connectivity index (χ0v) is 24.6. The third kappa shape index (κ3) is 8.95. The summed E-state index contributed by atoms with van der Waals surface area (Å²) in [7, 11) is 1.58. The number of hydrogen-bond donors (Lipinski definition) is 2. The van der Waals surface area contributed by atoms with Gasteiger partial charge in [-0.25, -0.2) is 0 Å². The van der Waals surface area contributed by atoms with Crippen LogP contribution in [0.2, 0.25) is 0 Å². The van der Waals surface area contributed by atoms with Gasteiger partial charge in [0.15, 0.2) is 11.6 Å². The van der Waals surface area contributed by atoms with Crippen molar-refractivity contribution in [3.8, 4) is 5.75 Å². The number of rotatable bonds is 15. The average molecular weight is 580 g/mol. The number of carbonyl (C=O) groups is 4. The third-order valence-corrected chi connectivity index (χ3v) is 7.81. The van der Waals surface area contributed by atoms with Crippen LogP contribution < -0.4 is 15.4 Å². The second-order valence-corrected chi connectivity index (χ2v) is 11.2. The zero-order valence-electron chi connectivity index (χ0n) is 24.6. The van der Waals surface area contributed by atoms with E-state index in [4.69, 9.17) is 14.2 Å². The van der Waals surface area contributed by atoms with E-state index in [2.05, 4.69) is 10.6 Å². The molecule has 0 bridgehead atoms. The predicted octanol–water partition coefficient (Wildman–Crippen LogP) is 1.74. The van der Waals surface area contributed by atoms with Gasteiger partial charge in [-0.05, 0) is 49.9 Å². The highest BCUT2D eigenvalue weighted by molar-refractivity contribution is 5.98. The van der Waals surface area contributed by atoms with Gasteiger partial charge >= 0.3 is 0 Å². The predicted molar refractivity (Wildman–Crippen MR) is 156 cm³/mol. The smallest absolute Gasteiger partial charge is 0.234 e. The van der Waals surface area contributed by atoms with Gasteiger partial charge in [0.1, 0.15) is 11.4 Å². The summed E-state index contributed by atoms with van der Waals surface area (Å²) in [5.74, 6) is -1.19. The van der Waals surface area contributed by atoms with Crippen LogP contribution in [0.3, 0.4) is 0 Å². The fourth-order valence-electron chi connectivity index (χ4n) is 5.02. The van der Waals surface area contributed by atoms with Crippen LogP contribution in [0.25, 0.3) is 0 Å². The van der Waals surface area contributed by atoms with Crippen molar-refractivity contribution >= 4 is 23.4 Å². The molecular formula is C32H41N3O7. The molecule has 4 rings (SSSR count). The number of methoxy groups -OCH3 is 1. The Morgan fingerprint density at radius 2 is 1.60 bits per heavy atom. The van der Waals surface area contributed by atoms with Gasteiger partial charge in [0.2, 0.25) is 11.8 Å². The van der Waals surface area contributed by atoms with Crippen LogP contribution in [0, 0.1) is 5.92 Å². The van der Waals surface area contributed by atoms with Crippen LogP contribution in [-0.2, 0) is 41.5 Å². The Balaban J connectivity index is 1.46. The van der Waals surface area contributed by atoms with Crippen LogP contribution in [0.4, 0.5) is 0 Å². The Labute approximate surface area is 247 Å². The topological polar surface area (TPSA) is 127 Å². The second-order valence-electron chi connectivity index (χ2n) is 11.2. The van der Waals surface area contributed by atoms with Crippen molar-refractivity contribution in [3.63, 3.8) is 0 Å². The SMILES string of the molecule is COc1ccc(C[C@H](CC(=O)[C@H](C)NC(=O)CN2CCOCC2)C(=O)N[C@@H](Cc2ccccc2)C(=O)[C@]2(C)CO2)cc1. The lowest BCUT2D eigenvalue weighted by atomic mass is 9.89. The minimum atomic E-state index is -0.923. The van der Waals surface area contributed by atoms with Gasteiger partial charge in [-0.2, -0.15) is 0 Å². The molecule has 2 amide bonds. The molecule has 2 aliphatic rings. The Morgan fingerprint density at radius 1 is 0.952 bits per heavy atom. The van der Waals surface area contributed by atoms with Crippen molar-refractivity contribution in [2.24, 2.45) is 5.92 Å². The van der Waals surface area contributed by atoms with Crippen molar-refractivity contribution in [2.45, 2.75) is 50.8 Å². The fourth-order valence-corrected chi connectivity index (χ4v) is 5.02. The van der Waals surface area contributed by atoms with Gasteiger partial charge in [0.05, 0.1) is 45.6 Å². The van der Waals surface area contributed by atoms with Crippen LogP contribution >= 0.6 is 0 Å². The normalized spacial score (nSPS) is 20.5. The van der Waals surface area contributed by atoms with Gasteiger partial charge in [-0.1, -0.05) is 42.5 Å². The minimum absolute atomic E-state index is 0.100. The molecule has 2 heterocycles. The number of amides is 2. The number of carbonyl (C=O) groups excluding carboxylic acids is 4. The van der Waals surface area contributed by atoms with Crippen LogP contribution in [-0.4, -0.2) is 92.5 Å². The monoisotopic (exact) mass is 579 g/mol. The molecule has 10 heteroatoms. The van der Waals surface area contributed by atoms with E-state index in [9.17, 15) is 19.2 Å². The van der Waals surface area contributed by atoms with Crippen molar-refractivity contribution in [1.82, 2.24) is 15.5 Å². The van der Waals surface area contributed by atoms with Gasteiger partial charge in [-0.3, -0.25) is 24.1 Å². The molecule has 0 saturated carbocycles. The number of nitrogens with one attached hydrogen (secondary N) is 2. The molecule has 10 nitrogen and oxygen atoms in total. The first-order chi connectivity index (χ1) is 20.2. The number of hydrogen-bond acceptors (Lipinski definition) is 8. The zero-order chi connectivity index (χ0) is 30.1. The largest absolute Gasteiger partial charge is 0.497 e. The molecule has 2 saturated heterocycles. The molecule has 2 aromatic rings. The molecule has 226 valence electrons. The Hall–Kier alpha value is -3.60. The summed E-state index contributed by atoms with van der Waals surface area (Å²) in [5, 5.41) is 5.72. The highest BCUT2D eigenvalue weighted by atomic mass is 16.6. The van der Waals surface area contributed by atoms with Crippen molar-refractivity contribution in [2.75, 3.05) is 46.6 Å². The number of epoxide rings is 1. The summed E-state index contributed by atoms with van der Waals surface area (Å²) in [6.07, 6.45) is 0.481. The minimum Gasteiger partial charge on any atom is -0.497 e. The average Bonchev–Trinajstić information content (AvgIpc) is 3.75. The first-order valence-electron chi connectivity index (χ1n) is 14.4. The van der Waals surface area contributed by atoms with Gasteiger partial charge in [-0.15, -0.1) is 0 Å². The molecule has 2 aromatic carbocycles. The van der Waals surface area contributed by atoms with Gasteiger partial charge in [0.25, 0.3) is 0 Å². The highest BCUT2D eigenvalue weighted by Crippen LogP contribution is 2.29. The first-order valence-corrected chi connectivity index (χ1v) is 14.4. The summed E-state index contributed by atoms with van der Waals surface area (Å²) in [6.45, 7) is 6.31.